The van der Waals surface area contributed by atoms with E-state index in [4.69, 9.17) is 27.9 Å². The molecule has 55 heavy (non-hydrogen) atoms. The van der Waals surface area contributed by atoms with Crippen LogP contribution in [0.25, 0.3) is 0 Å². The molecule has 1 atom stereocenters. The Morgan fingerprint density at radius 1 is 1.00 bits per heavy atom. The van der Waals surface area contributed by atoms with Gasteiger partial charge >= 0.3 is 0 Å². The Kier molecular flexibility index (Phi) is 16.3. The average molecular weight is 817 g/mol. The number of benzene rings is 2. The number of anilines is 4. The molecule has 3 N–H and O–H groups in total. The smallest absolute Gasteiger partial charge is 0.257 e. The number of nitrogens with zero attached hydrogens (tertiary/aromatic N) is 4. The molecule has 1 unspecified atom stereocenters. The van der Waals surface area contributed by atoms with Crippen molar-refractivity contribution < 1.29 is 22.7 Å². The quantitative estimate of drug-likeness (QED) is 0.0781. The number of ether oxygens (including phenoxy) is 1. The summed E-state index contributed by atoms with van der Waals surface area (Å²) in [7, 11) is -3.51. The molecule has 2 aromatic carbocycles. The molecule has 12 nitrogen and oxygen atoms in total. The number of rotatable bonds is 20. The Morgan fingerprint density at radius 2 is 1.76 bits per heavy atom. The van der Waals surface area contributed by atoms with Gasteiger partial charge in [-0.2, -0.15) is 4.98 Å². The van der Waals surface area contributed by atoms with Gasteiger partial charge in [-0.1, -0.05) is 55.8 Å². The van der Waals surface area contributed by atoms with E-state index in [-0.39, 0.29) is 35.2 Å². The van der Waals surface area contributed by atoms with E-state index in [1.54, 1.807) is 49.1 Å². The number of halogens is 2. The Labute approximate surface area is 336 Å². The van der Waals surface area contributed by atoms with Crippen LogP contribution in [0.5, 0.6) is 5.75 Å². The number of fused-ring (bicyclic) bond motifs is 1. The van der Waals surface area contributed by atoms with Crippen molar-refractivity contribution in [1.29, 1.82) is 0 Å². The van der Waals surface area contributed by atoms with Crippen LogP contribution in [0.4, 0.5) is 23.1 Å². The largest absolute Gasteiger partial charge is 0.484 e. The molecule has 3 heterocycles. The lowest BCUT2D eigenvalue weighted by molar-refractivity contribution is -0.123. The Hall–Kier alpha value is -3.65. The van der Waals surface area contributed by atoms with Gasteiger partial charge in [0.05, 0.1) is 22.0 Å². The molecule has 1 aromatic heterocycles. The summed E-state index contributed by atoms with van der Waals surface area (Å²) in [4.78, 5) is 37.9. The fraction of sp³-hybridized carbons (Fsp3) is 0.550. The molecule has 0 spiro atoms. The van der Waals surface area contributed by atoms with Crippen LogP contribution in [-0.2, 0) is 25.8 Å². The minimum Gasteiger partial charge on any atom is -0.484 e. The van der Waals surface area contributed by atoms with Crippen molar-refractivity contribution in [2.24, 2.45) is 0 Å². The van der Waals surface area contributed by atoms with Gasteiger partial charge in [-0.05, 0) is 101 Å². The van der Waals surface area contributed by atoms with Gasteiger partial charge in [0.15, 0.2) is 22.3 Å². The van der Waals surface area contributed by atoms with E-state index in [0.717, 1.165) is 82.3 Å². The molecule has 0 radical (unpaired) electrons. The number of carbonyl (C=O) groups is 2. The lowest BCUT2D eigenvalue weighted by atomic mass is 10.0. The lowest BCUT2D eigenvalue weighted by Crippen LogP contribution is -2.42. The number of nitrogens with one attached hydrogen (secondary N) is 3. The summed E-state index contributed by atoms with van der Waals surface area (Å²) in [6.07, 6.45) is 13.3. The summed E-state index contributed by atoms with van der Waals surface area (Å²) in [5.41, 5.74) is 2.34. The molecule has 15 heteroatoms. The minimum atomic E-state index is -3.51. The standard InChI is InChI=1S/C40H55Cl2N7O5S/c1-29(2)55(52,53)36-17-9-8-16-34(36)46-39-33(42)26-44-40(47-39)45-31-15-13-22-48(27-31)21-11-7-5-3-4-6-10-20-43-37(50)28-54-32-18-19-35-30(24-32)14-12-23-49(35)38(51)25-41/h8-9,16-19,24,26,29,31H,3-7,10-15,20-23,25,27-28H2,1-2H3,(H,43,50)(H2,44,45,46,47). The Morgan fingerprint density at radius 3 is 2.55 bits per heavy atom. The highest BCUT2D eigenvalue weighted by Crippen LogP contribution is 2.32. The first-order chi connectivity index (χ1) is 26.5. The first kappa shape index (κ1) is 42.5. The molecule has 0 aliphatic carbocycles. The summed E-state index contributed by atoms with van der Waals surface area (Å²) in [6, 6.07) is 12.6. The summed E-state index contributed by atoms with van der Waals surface area (Å²) in [5, 5.41) is 9.30. The van der Waals surface area contributed by atoms with Gasteiger partial charge in [-0.15, -0.1) is 11.6 Å². The van der Waals surface area contributed by atoms with Gasteiger partial charge in [0.2, 0.25) is 11.9 Å². The van der Waals surface area contributed by atoms with Crippen LogP contribution in [-0.4, -0.2) is 91.6 Å². The molecule has 300 valence electrons. The minimum absolute atomic E-state index is 0.0335. The molecule has 0 saturated carbocycles. The van der Waals surface area contributed by atoms with E-state index in [0.29, 0.717) is 41.3 Å². The van der Waals surface area contributed by atoms with Crippen LogP contribution < -0.4 is 25.6 Å². The second kappa shape index (κ2) is 21.0. The van der Waals surface area contributed by atoms with Crippen LogP contribution in [0, 0.1) is 0 Å². The lowest BCUT2D eigenvalue weighted by Gasteiger charge is -2.33. The van der Waals surface area contributed by atoms with Gasteiger partial charge in [-0.25, -0.2) is 13.4 Å². The summed E-state index contributed by atoms with van der Waals surface area (Å²) in [6.45, 7) is 7.64. The number of para-hydroxylation sites is 1. The van der Waals surface area contributed by atoms with Crippen LogP contribution in [0.3, 0.4) is 0 Å². The zero-order valence-electron chi connectivity index (χ0n) is 32.0. The molecule has 2 amide bonds. The van der Waals surface area contributed by atoms with E-state index in [2.05, 4.69) is 30.8 Å². The van der Waals surface area contributed by atoms with Crippen molar-refractivity contribution in [2.75, 3.05) is 60.7 Å². The number of aryl methyl sites for hydroxylation is 1. The van der Waals surface area contributed by atoms with Crippen LogP contribution >= 0.6 is 23.2 Å². The summed E-state index contributed by atoms with van der Waals surface area (Å²) >= 11 is 12.2. The number of hydrogen-bond acceptors (Lipinski definition) is 10. The first-order valence-electron chi connectivity index (χ1n) is 19.5. The third-order valence-corrected chi connectivity index (χ3v) is 12.8. The molecule has 2 aliphatic rings. The normalized spacial score (nSPS) is 16.1. The van der Waals surface area contributed by atoms with E-state index >= 15 is 0 Å². The Bertz CT molecular complexity index is 1850. The zero-order valence-corrected chi connectivity index (χ0v) is 34.3. The molecular weight excluding hydrogens is 761 g/mol. The number of carbonyl (C=O) groups excluding carboxylic acids is 2. The molecule has 3 aromatic rings. The molecule has 1 fully saturated rings. The molecule has 0 bridgehead atoms. The van der Waals surface area contributed by atoms with Gasteiger partial charge in [0, 0.05) is 31.4 Å². The van der Waals surface area contributed by atoms with Gasteiger partial charge in [-0.3, -0.25) is 9.59 Å². The fourth-order valence-electron chi connectivity index (χ4n) is 7.05. The molecule has 2 aliphatic heterocycles. The third kappa shape index (κ3) is 12.4. The number of unbranched alkanes of at least 4 members (excludes halogenated alkanes) is 6. The predicted molar refractivity (Wildman–Crippen MR) is 221 cm³/mol. The first-order valence-corrected chi connectivity index (χ1v) is 22.0. The topological polar surface area (TPSA) is 146 Å². The van der Waals surface area contributed by atoms with Crippen LogP contribution in [0.1, 0.15) is 83.6 Å². The number of alkyl halides is 1. The number of aromatic nitrogens is 2. The maximum atomic E-state index is 12.9. The third-order valence-electron chi connectivity index (χ3n) is 10.1. The van der Waals surface area contributed by atoms with E-state index < -0.39 is 15.1 Å². The number of piperidine rings is 1. The van der Waals surface area contributed by atoms with Crippen molar-refractivity contribution in [1.82, 2.24) is 20.2 Å². The summed E-state index contributed by atoms with van der Waals surface area (Å²) < 4.78 is 31.6. The zero-order chi connectivity index (χ0) is 39.2. The number of sulfone groups is 1. The second-order valence-corrected chi connectivity index (χ2v) is 17.7. The SMILES string of the molecule is CC(C)S(=O)(=O)c1ccccc1Nc1nc(NC2CCCN(CCCCCCCCCNC(=O)COc3ccc4c(c3)CCCN4C(=O)CCl)C2)ncc1Cl. The molecule has 1 saturated heterocycles. The van der Waals surface area contributed by atoms with Crippen molar-refractivity contribution in [3.05, 3.63) is 59.2 Å². The van der Waals surface area contributed by atoms with Crippen molar-refractivity contribution >= 4 is 68.0 Å². The van der Waals surface area contributed by atoms with Gasteiger partial charge in [0.1, 0.15) is 16.7 Å². The van der Waals surface area contributed by atoms with Crippen molar-refractivity contribution in [3.8, 4) is 5.75 Å². The van der Waals surface area contributed by atoms with E-state index in [1.165, 1.54) is 25.5 Å². The molecular formula is C40H55Cl2N7O5S. The summed E-state index contributed by atoms with van der Waals surface area (Å²) in [5.74, 6) is 1.16. The highest BCUT2D eigenvalue weighted by Gasteiger charge is 2.25. The second-order valence-electron chi connectivity index (χ2n) is 14.6. The van der Waals surface area contributed by atoms with Crippen molar-refractivity contribution in [3.63, 3.8) is 0 Å². The van der Waals surface area contributed by atoms with Crippen molar-refractivity contribution in [2.45, 2.75) is 101 Å². The van der Waals surface area contributed by atoms with Gasteiger partial charge < -0.3 is 30.5 Å². The van der Waals surface area contributed by atoms with E-state index in [9.17, 15) is 18.0 Å². The molecule has 5 rings (SSSR count). The highest BCUT2D eigenvalue weighted by atomic mass is 35.5. The fourth-order valence-corrected chi connectivity index (χ4v) is 8.53. The number of amides is 2. The van der Waals surface area contributed by atoms with Crippen LogP contribution in [0.15, 0.2) is 53.6 Å². The average Bonchev–Trinajstić information content (AvgIpc) is 3.18. The van der Waals surface area contributed by atoms with E-state index in [1.807, 2.05) is 12.1 Å². The van der Waals surface area contributed by atoms with Crippen LogP contribution in [0.2, 0.25) is 5.02 Å². The number of likely N-dealkylation sites (tertiary alicyclic amines) is 1. The highest BCUT2D eigenvalue weighted by molar-refractivity contribution is 7.92. The monoisotopic (exact) mass is 815 g/mol. The predicted octanol–water partition coefficient (Wildman–Crippen LogP) is 7.38. The maximum absolute atomic E-state index is 12.9. The maximum Gasteiger partial charge on any atom is 0.257 e. The Balaban J connectivity index is 0.926. The number of hydrogen-bond donors (Lipinski definition) is 3. The van der Waals surface area contributed by atoms with Gasteiger partial charge in [0.25, 0.3) is 5.91 Å².